The van der Waals surface area contributed by atoms with E-state index in [1.54, 1.807) is 30.1 Å². The quantitative estimate of drug-likeness (QED) is 0.581. The number of amides is 1. The third kappa shape index (κ3) is 3.32. The van der Waals surface area contributed by atoms with Crippen molar-refractivity contribution in [3.05, 3.63) is 60.6 Å². The van der Waals surface area contributed by atoms with E-state index in [-0.39, 0.29) is 12.5 Å². The maximum Gasteiger partial charge on any atom is 0.240 e. The van der Waals surface area contributed by atoms with Crippen LogP contribution in [0.5, 0.6) is 0 Å². The van der Waals surface area contributed by atoms with Crippen LogP contribution in [0.2, 0.25) is 0 Å². The van der Waals surface area contributed by atoms with E-state index >= 15 is 0 Å². The van der Waals surface area contributed by atoms with Gasteiger partial charge in [-0.2, -0.15) is 0 Å². The zero-order valence-electron chi connectivity index (χ0n) is 13.5. The van der Waals surface area contributed by atoms with Crippen molar-refractivity contribution in [2.24, 2.45) is 0 Å². The molecule has 0 bridgehead atoms. The Kier molecular flexibility index (Phi) is 4.30. The standard InChI is InChI=1S/C18H17N5OS/c24-17(20-7-9-22-8-6-19-13-22)12-23-15(16-4-2-10-25-16)11-14-3-1-5-21-18(14)23/h1-6,8,10-11,13H,7,9,12H2,(H,20,24). The lowest BCUT2D eigenvalue weighted by atomic mass is 10.3. The van der Waals surface area contributed by atoms with Gasteiger partial charge in [-0.3, -0.25) is 4.79 Å². The number of nitrogens with zero attached hydrogens (tertiary/aromatic N) is 4. The van der Waals surface area contributed by atoms with Gasteiger partial charge >= 0.3 is 0 Å². The van der Waals surface area contributed by atoms with E-state index in [1.165, 1.54) is 0 Å². The summed E-state index contributed by atoms with van der Waals surface area (Å²) in [5.41, 5.74) is 1.85. The highest BCUT2D eigenvalue weighted by Crippen LogP contribution is 2.30. The lowest BCUT2D eigenvalue weighted by molar-refractivity contribution is -0.121. The SMILES string of the molecule is O=C(Cn1c(-c2cccs2)cc2cccnc21)NCCn1ccnc1. The lowest BCUT2D eigenvalue weighted by Gasteiger charge is -2.10. The van der Waals surface area contributed by atoms with Gasteiger partial charge in [-0.15, -0.1) is 11.3 Å². The summed E-state index contributed by atoms with van der Waals surface area (Å²) < 4.78 is 3.91. The molecule has 6 nitrogen and oxygen atoms in total. The highest BCUT2D eigenvalue weighted by Gasteiger charge is 2.14. The van der Waals surface area contributed by atoms with Crippen LogP contribution in [0.25, 0.3) is 21.6 Å². The third-order valence-electron chi connectivity index (χ3n) is 3.98. The first-order chi connectivity index (χ1) is 12.3. The topological polar surface area (TPSA) is 64.7 Å². The van der Waals surface area contributed by atoms with E-state index in [0.717, 1.165) is 21.6 Å². The van der Waals surface area contributed by atoms with E-state index in [2.05, 4.69) is 27.4 Å². The molecular weight excluding hydrogens is 334 g/mol. The monoisotopic (exact) mass is 351 g/mol. The van der Waals surface area contributed by atoms with Crippen LogP contribution >= 0.6 is 11.3 Å². The number of nitrogens with one attached hydrogen (secondary N) is 1. The summed E-state index contributed by atoms with van der Waals surface area (Å²) in [6.45, 7) is 1.52. The Balaban J connectivity index is 1.53. The molecular formula is C18H17N5OS. The van der Waals surface area contributed by atoms with E-state index < -0.39 is 0 Å². The van der Waals surface area contributed by atoms with Gasteiger partial charge in [0.15, 0.2) is 0 Å². The maximum absolute atomic E-state index is 12.4. The van der Waals surface area contributed by atoms with E-state index in [9.17, 15) is 4.79 Å². The highest BCUT2D eigenvalue weighted by molar-refractivity contribution is 7.13. The molecule has 4 aromatic heterocycles. The zero-order chi connectivity index (χ0) is 17.1. The average molecular weight is 351 g/mol. The van der Waals surface area contributed by atoms with Gasteiger partial charge in [0.1, 0.15) is 12.2 Å². The lowest BCUT2D eigenvalue weighted by Crippen LogP contribution is -2.30. The van der Waals surface area contributed by atoms with E-state index in [4.69, 9.17) is 0 Å². The summed E-state index contributed by atoms with van der Waals surface area (Å²) in [6.07, 6.45) is 7.11. The Bertz CT molecular complexity index is 972. The summed E-state index contributed by atoms with van der Waals surface area (Å²) in [4.78, 5) is 22.0. The summed E-state index contributed by atoms with van der Waals surface area (Å²) >= 11 is 1.66. The number of hydrogen-bond acceptors (Lipinski definition) is 4. The van der Waals surface area contributed by atoms with E-state index in [1.807, 2.05) is 38.9 Å². The minimum Gasteiger partial charge on any atom is -0.353 e. The van der Waals surface area contributed by atoms with Crippen molar-refractivity contribution in [1.82, 2.24) is 24.4 Å². The predicted octanol–water partition coefficient (Wildman–Crippen LogP) is 2.78. The summed E-state index contributed by atoms with van der Waals surface area (Å²) in [6, 6.07) is 10.1. The first-order valence-electron chi connectivity index (χ1n) is 8.02. The molecule has 0 saturated carbocycles. The van der Waals surface area contributed by atoms with Crippen LogP contribution in [0.15, 0.2) is 60.6 Å². The van der Waals surface area contributed by atoms with Gasteiger partial charge in [-0.1, -0.05) is 6.07 Å². The predicted molar refractivity (Wildman–Crippen MR) is 98.3 cm³/mol. The van der Waals surface area contributed by atoms with Crippen LogP contribution < -0.4 is 5.32 Å². The van der Waals surface area contributed by atoms with Crippen LogP contribution in [0.4, 0.5) is 0 Å². The molecule has 0 aromatic carbocycles. The fraction of sp³-hybridized carbons (Fsp3) is 0.167. The number of carbonyl (C=O) groups is 1. The van der Waals surface area contributed by atoms with Crippen LogP contribution in [-0.4, -0.2) is 31.6 Å². The molecule has 0 spiro atoms. The number of imidazole rings is 1. The Morgan fingerprint density at radius 3 is 3.00 bits per heavy atom. The fourth-order valence-corrected chi connectivity index (χ4v) is 3.57. The van der Waals surface area contributed by atoms with Crippen LogP contribution in [0, 0.1) is 0 Å². The zero-order valence-corrected chi connectivity index (χ0v) is 14.3. The Labute approximate surface area is 148 Å². The molecule has 1 N–H and O–H groups in total. The first-order valence-corrected chi connectivity index (χ1v) is 8.90. The van der Waals surface area contributed by atoms with Gasteiger partial charge < -0.3 is 14.5 Å². The highest BCUT2D eigenvalue weighted by atomic mass is 32.1. The Morgan fingerprint density at radius 1 is 1.24 bits per heavy atom. The van der Waals surface area contributed by atoms with Crippen molar-refractivity contribution in [1.29, 1.82) is 0 Å². The number of pyridine rings is 1. The number of carbonyl (C=O) groups excluding carboxylic acids is 1. The average Bonchev–Trinajstić information content (AvgIpc) is 3.36. The van der Waals surface area contributed by atoms with Gasteiger partial charge in [0.2, 0.25) is 5.91 Å². The fourth-order valence-electron chi connectivity index (χ4n) is 2.82. The molecule has 4 aromatic rings. The molecule has 1 amide bonds. The largest absolute Gasteiger partial charge is 0.353 e. The normalized spacial score (nSPS) is 11.0. The van der Waals surface area contributed by atoms with Gasteiger partial charge in [0, 0.05) is 37.1 Å². The molecule has 25 heavy (non-hydrogen) atoms. The molecule has 4 rings (SSSR count). The Morgan fingerprint density at radius 2 is 2.20 bits per heavy atom. The van der Waals surface area contributed by atoms with Crippen molar-refractivity contribution in [2.75, 3.05) is 6.54 Å². The molecule has 126 valence electrons. The third-order valence-corrected chi connectivity index (χ3v) is 4.87. The Hall–Kier alpha value is -2.93. The molecule has 0 aliphatic rings. The maximum atomic E-state index is 12.4. The van der Waals surface area contributed by atoms with E-state index in [0.29, 0.717) is 13.1 Å². The van der Waals surface area contributed by atoms with Gasteiger partial charge in [0.25, 0.3) is 0 Å². The molecule has 0 fully saturated rings. The number of rotatable bonds is 6. The van der Waals surface area contributed by atoms with Crippen LogP contribution in [-0.2, 0) is 17.9 Å². The minimum absolute atomic E-state index is 0.0268. The van der Waals surface area contributed by atoms with Gasteiger partial charge in [-0.05, 0) is 29.6 Å². The van der Waals surface area contributed by atoms with Crippen LogP contribution in [0.1, 0.15) is 0 Å². The molecule has 0 unspecified atom stereocenters. The van der Waals surface area contributed by atoms with Crippen molar-refractivity contribution < 1.29 is 4.79 Å². The second kappa shape index (κ2) is 6.90. The second-order valence-corrected chi connectivity index (χ2v) is 6.61. The number of aromatic nitrogens is 4. The summed E-state index contributed by atoms with van der Waals surface area (Å²) in [5, 5.41) is 6.04. The minimum atomic E-state index is -0.0268. The van der Waals surface area contributed by atoms with Crippen molar-refractivity contribution in [3.63, 3.8) is 0 Å². The first kappa shape index (κ1) is 15.6. The molecule has 0 aliphatic carbocycles. The number of hydrogen-bond donors (Lipinski definition) is 1. The van der Waals surface area contributed by atoms with Crippen molar-refractivity contribution >= 4 is 28.3 Å². The van der Waals surface area contributed by atoms with Gasteiger partial charge in [0.05, 0.1) is 16.9 Å². The number of fused-ring (bicyclic) bond motifs is 1. The number of thiophene rings is 1. The molecule has 0 atom stereocenters. The summed E-state index contributed by atoms with van der Waals surface area (Å²) in [5.74, 6) is -0.0268. The van der Waals surface area contributed by atoms with Crippen LogP contribution in [0.3, 0.4) is 0 Å². The summed E-state index contributed by atoms with van der Waals surface area (Å²) in [7, 11) is 0. The van der Waals surface area contributed by atoms with Crippen molar-refractivity contribution in [3.8, 4) is 10.6 Å². The second-order valence-electron chi connectivity index (χ2n) is 5.66. The van der Waals surface area contributed by atoms with Crippen molar-refractivity contribution in [2.45, 2.75) is 13.1 Å². The molecule has 4 heterocycles. The molecule has 0 radical (unpaired) electrons. The molecule has 0 saturated heterocycles. The smallest absolute Gasteiger partial charge is 0.240 e. The molecule has 7 heteroatoms. The van der Waals surface area contributed by atoms with Gasteiger partial charge in [-0.25, -0.2) is 9.97 Å². The molecule has 0 aliphatic heterocycles.